The van der Waals surface area contributed by atoms with Crippen LogP contribution in [0, 0.1) is 0 Å². The summed E-state index contributed by atoms with van der Waals surface area (Å²) >= 11 is 0. The van der Waals surface area contributed by atoms with E-state index in [0.717, 1.165) is 22.8 Å². The molecule has 2 N–H and O–H groups in total. The molecule has 0 saturated carbocycles. The van der Waals surface area contributed by atoms with Crippen molar-refractivity contribution in [3.63, 3.8) is 0 Å². The largest absolute Gasteiger partial charge is 0.489 e. The molecule has 0 saturated heterocycles. The fourth-order valence-electron chi connectivity index (χ4n) is 4.47. The molecule has 5 rings (SSSR count). The van der Waals surface area contributed by atoms with Crippen LogP contribution in [0.2, 0.25) is 0 Å². The van der Waals surface area contributed by atoms with E-state index in [4.69, 9.17) is 9.88 Å². The number of rotatable bonds is 7. The molecule has 39 heavy (non-hydrogen) atoms. The molecule has 1 aromatic heterocycles. The highest BCUT2D eigenvalue weighted by Crippen LogP contribution is 2.39. The van der Waals surface area contributed by atoms with Gasteiger partial charge in [-0.2, -0.15) is 13.2 Å². The molecule has 1 heterocycles. The Morgan fingerprint density at radius 2 is 1.54 bits per heavy atom. The number of ether oxygens (including phenoxy) is 1. The number of fused-ring (bicyclic) bond motifs is 1. The molecule has 4 aromatic carbocycles. The van der Waals surface area contributed by atoms with Gasteiger partial charge in [-0.1, -0.05) is 66.7 Å². The van der Waals surface area contributed by atoms with Gasteiger partial charge in [-0.25, -0.2) is 13.6 Å². The van der Waals surface area contributed by atoms with Crippen LogP contribution in [0.3, 0.4) is 0 Å². The molecular formula is C30H23F3N2O3S. The van der Waals surface area contributed by atoms with Gasteiger partial charge in [0, 0.05) is 11.6 Å². The van der Waals surface area contributed by atoms with E-state index in [1.54, 1.807) is 36.4 Å². The van der Waals surface area contributed by atoms with Crippen molar-refractivity contribution in [3.8, 4) is 16.9 Å². The third kappa shape index (κ3) is 5.94. The molecule has 0 bridgehead atoms. The lowest BCUT2D eigenvalue weighted by molar-refractivity contribution is -0.136. The number of sulfonamides is 1. The Hall–Kier alpha value is -4.21. The summed E-state index contributed by atoms with van der Waals surface area (Å²) in [6.07, 6.45) is -2.55. The van der Waals surface area contributed by atoms with E-state index in [0.29, 0.717) is 28.7 Å². The highest BCUT2D eigenvalue weighted by atomic mass is 32.2. The first-order valence-corrected chi connectivity index (χ1v) is 13.5. The average Bonchev–Trinajstić information content (AvgIpc) is 2.91. The molecule has 9 heteroatoms. The van der Waals surface area contributed by atoms with Crippen molar-refractivity contribution in [2.24, 2.45) is 5.14 Å². The molecule has 0 atom stereocenters. The van der Waals surface area contributed by atoms with Gasteiger partial charge in [0.05, 0.1) is 16.0 Å². The Balaban J connectivity index is 1.54. The molecule has 0 fully saturated rings. The summed E-state index contributed by atoms with van der Waals surface area (Å²) in [7, 11) is -3.80. The number of hydrogen-bond donors (Lipinski definition) is 1. The van der Waals surface area contributed by atoms with Crippen molar-refractivity contribution in [2.45, 2.75) is 24.1 Å². The summed E-state index contributed by atoms with van der Waals surface area (Å²) in [5, 5.41) is 5.55. The van der Waals surface area contributed by atoms with Crippen molar-refractivity contribution in [2.75, 3.05) is 0 Å². The van der Waals surface area contributed by atoms with Crippen molar-refractivity contribution >= 4 is 20.9 Å². The van der Waals surface area contributed by atoms with Gasteiger partial charge in [-0.15, -0.1) is 0 Å². The van der Waals surface area contributed by atoms with E-state index in [1.165, 1.54) is 24.4 Å². The minimum atomic E-state index is -4.55. The molecule has 0 spiro atoms. The molecule has 5 aromatic rings. The van der Waals surface area contributed by atoms with E-state index in [2.05, 4.69) is 4.98 Å². The van der Waals surface area contributed by atoms with Gasteiger partial charge in [0.15, 0.2) is 0 Å². The van der Waals surface area contributed by atoms with Gasteiger partial charge < -0.3 is 4.74 Å². The molecule has 0 aliphatic carbocycles. The van der Waals surface area contributed by atoms with Gasteiger partial charge in [0.25, 0.3) is 0 Å². The van der Waals surface area contributed by atoms with Crippen LogP contribution in [-0.2, 0) is 29.2 Å². The van der Waals surface area contributed by atoms with Gasteiger partial charge in [-0.05, 0) is 64.6 Å². The third-order valence-electron chi connectivity index (χ3n) is 6.30. The van der Waals surface area contributed by atoms with Crippen LogP contribution in [0.1, 0.15) is 22.3 Å². The second kappa shape index (κ2) is 10.5. The Morgan fingerprint density at radius 3 is 2.23 bits per heavy atom. The zero-order valence-corrected chi connectivity index (χ0v) is 21.3. The lowest BCUT2D eigenvalue weighted by atomic mass is 9.92. The zero-order valence-electron chi connectivity index (χ0n) is 20.5. The monoisotopic (exact) mass is 548 g/mol. The number of aromatic nitrogens is 1. The van der Waals surface area contributed by atoms with E-state index in [9.17, 15) is 21.6 Å². The number of alkyl halides is 3. The maximum Gasteiger partial charge on any atom is 0.418 e. The maximum absolute atomic E-state index is 13.8. The summed E-state index contributed by atoms with van der Waals surface area (Å²) in [5.74, 6) is 0.505. The fraction of sp³-hybridized carbons (Fsp3) is 0.100. The van der Waals surface area contributed by atoms with Crippen LogP contribution in [0.4, 0.5) is 13.2 Å². The number of nitrogens with two attached hydrogens (primary N) is 1. The van der Waals surface area contributed by atoms with Crippen LogP contribution in [-0.4, -0.2) is 13.4 Å². The summed E-state index contributed by atoms with van der Waals surface area (Å²) in [5.41, 5.74) is 2.95. The van der Waals surface area contributed by atoms with Crippen LogP contribution in [0.15, 0.2) is 108 Å². The topological polar surface area (TPSA) is 82.3 Å². The predicted octanol–water partition coefficient (Wildman–Crippen LogP) is 6.74. The second-order valence-electron chi connectivity index (χ2n) is 9.03. The lowest BCUT2D eigenvalue weighted by Gasteiger charge is -2.17. The van der Waals surface area contributed by atoms with Crippen LogP contribution >= 0.6 is 0 Å². The number of benzene rings is 4. The highest BCUT2D eigenvalue weighted by Gasteiger charge is 2.33. The first-order valence-electron chi connectivity index (χ1n) is 12.0. The first kappa shape index (κ1) is 26.4. The minimum absolute atomic E-state index is 0.00184. The SMILES string of the molecule is NS(=O)(=O)c1ccc(COc2cccc(-c3c(Cc4ccccc4)cnc4c(C(F)(F)F)cccc34)c2)cc1. The standard InChI is InChI=1S/C30H23F3N2O3S/c31-30(32,33)27-11-5-10-26-28(23(18-35-29(26)27)16-20-6-2-1-3-7-20)22-8-4-9-24(17-22)38-19-21-12-14-25(15-13-21)39(34,36)37/h1-15,17-18H,16,19H2,(H2,34,36,37). The Bertz CT molecular complexity index is 1740. The molecule has 0 radical (unpaired) electrons. The maximum atomic E-state index is 13.8. The van der Waals surface area contributed by atoms with Crippen molar-refractivity contribution in [3.05, 3.63) is 126 Å². The molecule has 5 nitrogen and oxygen atoms in total. The van der Waals surface area contributed by atoms with Gasteiger partial charge in [-0.3, -0.25) is 4.98 Å². The molecule has 0 unspecified atom stereocenters. The Kier molecular flexibility index (Phi) is 7.12. The Labute approximate surface area is 223 Å². The first-order chi connectivity index (χ1) is 18.6. The summed E-state index contributed by atoms with van der Waals surface area (Å²) in [6.45, 7) is 0.153. The van der Waals surface area contributed by atoms with E-state index in [1.807, 2.05) is 36.4 Å². The number of halogens is 3. The third-order valence-corrected chi connectivity index (χ3v) is 7.23. The lowest BCUT2D eigenvalue weighted by Crippen LogP contribution is -2.12. The van der Waals surface area contributed by atoms with E-state index in [-0.39, 0.29) is 17.0 Å². The quantitative estimate of drug-likeness (QED) is 0.244. The second-order valence-corrected chi connectivity index (χ2v) is 10.6. The van der Waals surface area contributed by atoms with Crippen molar-refractivity contribution < 1.29 is 26.3 Å². The summed E-state index contributed by atoms with van der Waals surface area (Å²) in [4.78, 5) is 4.25. The molecule has 0 aliphatic heterocycles. The average molecular weight is 549 g/mol. The van der Waals surface area contributed by atoms with Crippen molar-refractivity contribution in [1.82, 2.24) is 4.98 Å². The molecule has 0 amide bonds. The summed E-state index contributed by atoms with van der Waals surface area (Å²) in [6, 6.07) is 26.9. The number of para-hydroxylation sites is 1. The zero-order chi connectivity index (χ0) is 27.6. The van der Waals surface area contributed by atoms with Crippen LogP contribution in [0.5, 0.6) is 5.75 Å². The molecule has 0 aliphatic rings. The Morgan fingerprint density at radius 1 is 0.821 bits per heavy atom. The van der Waals surface area contributed by atoms with Crippen molar-refractivity contribution in [1.29, 1.82) is 0 Å². The van der Waals surface area contributed by atoms with E-state index >= 15 is 0 Å². The number of hydrogen-bond acceptors (Lipinski definition) is 4. The number of nitrogens with zero attached hydrogens (tertiary/aromatic N) is 1. The van der Waals surface area contributed by atoms with Crippen LogP contribution < -0.4 is 9.88 Å². The predicted molar refractivity (Wildman–Crippen MR) is 144 cm³/mol. The molecular weight excluding hydrogens is 525 g/mol. The minimum Gasteiger partial charge on any atom is -0.489 e. The normalized spacial score (nSPS) is 12.0. The smallest absolute Gasteiger partial charge is 0.418 e. The van der Waals surface area contributed by atoms with Gasteiger partial charge in [0.2, 0.25) is 10.0 Å². The van der Waals surface area contributed by atoms with Gasteiger partial charge in [0.1, 0.15) is 12.4 Å². The highest BCUT2D eigenvalue weighted by molar-refractivity contribution is 7.89. The van der Waals surface area contributed by atoms with Crippen LogP contribution in [0.25, 0.3) is 22.0 Å². The fourth-order valence-corrected chi connectivity index (χ4v) is 4.98. The number of primary sulfonamides is 1. The number of pyridine rings is 1. The molecule has 198 valence electrons. The van der Waals surface area contributed by atoms with Gasteiger partial charge >= 0.3 is 6.18 Å². The summed E-state index contributed by atoms with van der Waals surface area (Å²) < 4.78 is 70.4. The van der Waals surface area contributed by atoms with E-state index < -0.39 is 21.8 Å².